The minimum Gasteiger partial charge on any atom is -0.376 e. The van der Waals surface area contributed by atoms with Gasteiger partial charge in [0.05, 0.1) is 11.7 Å². The Kier molecular flexibility index (Phi) is 4.92. The van der Waals surface area contributed by atoms with Gasteiger partial charge in [0.15, 0.2) is 0 Å². The molecule has 0 spiro atoms. The lowest BCUT2D eigenvalue weighted by atomic mass is 9.96. The lowest BCUT2D eigenvalue weighted by Crippen LogP contribution is -2.18. The molecule has 1 saturated carbocycles. The number of aryl methyl sites for hydroxylation is 1. The SMILES string of the molecule is Cc1cc(Br)c(NC(c2cccs2)C2CCCC2)cc1Cl. The van der Waals surface area contributed by atoms with E-state index in [0.29, 0.717) is 6.04 Å². The third-order valence-electron chi connectivity index (χ3n) is 4.28. The minimum atomic E-state index is 0.391. The topological polar surface area (TPSA) is 12.0 Å². The summed E-state index contributed by atoms with van der Waals surface area (Å²) >= 11 is 11.8. The minimum absolute atomic E-state index is 0.391. The van der Waals surface area contributed by atoms with Crippen LogP contribution in [0.5, 0.6) is 0 Å². The summed E-state index contributed by atoms with van der Waals surface area (Å²) in [5.41, 5.74) is 2.19. The largest absolute Gasteiger partial charge is 0.376 e. The normalized spacial score (nSPS) is 17.1. The van der Waals surface area contributed by atoms with Gasteiger partial charge in [0.2, 0.25) is 0 Å². The average Bonchev–Trinajstić information content (AvgIpc) is 3.14. The molecular weight excluding hydrogens is 366 g/mol. The van der Waals surface area contributed by atoms with Gasteiger partial charge in [-0.15, -0.1) is 11.3 Å². The molecular formula is C17H19BrClNS. The molecule has 1 unspecified atom stereocenters. The maximum atomic E-state index is 6.30. The number of rotatable bonds is 4. The molecule has 0 amide bonds. The molecule has 1 aliphatic carbocycles. The van der Waals surface area contributed by atoms with E-state index in [4.69, 9.17) is 11.6 Å². The van der Waals surface area contributed by atoms with E-state index in [0.717, 1.165) is 26.7 Å². The van der Waals surface area contributed by atoms with Crippen LogP contribution in [0.3, 0.4) is 0 Å². The predicted octanol–water partition coefficient (Wildman–Crippen LogP) is 6.82. The fourth-order valence-corrected chi connectivity index (χ4v) is 4.71. The second-order valence-corrected chi connectivity index (χ2v) is 8.00. The van der Waals surface area contributed by atoms with Crippen molar-refractivity contribution >= 4 is 44.6 Å². The maximum Gasteiger partial charge on any atom is 0.0635 e. The van der Waals surface area contributed by atoms with E-state index >= 15 is 0 Å². The smallest absolute Gasteiger partial charge is 0.0635 e. The van der Waals surface area contributed by atoms with Gasteiger partial charge in [-0.3, -0.25) is 0 Å². The molecule has 1 fully saturated rings. The van der Waals surface area contributed by atoms with Crippen LogP contribution in [0.2, 0.25) is 5.02 Å². The van der Waals surface area contributed by atoms with Gasteiger partial charge in [0.25, 0.3) is 0 Å². The van der Waals surface area contributed by atoms with Gasteiger partial charge in [-0.1, -0.05) is 30.5 Å². The fourth-order valence-electron chi connectivity index (χ4n) is 3.10. The number of nitrogens with one attached hydrogen (secondary N) is 1. The Morgan fingerprint density at radius 3 is 2.76 bits per heavy atom. The first-order chi connectivity index (χ1) is 10.1. The summed E-state index contributed by atoms with van der Waals surface area (Å²) < 4.78 is 1.09. The van der Waals surface area contributed by atoms with E-state index in [2.05, 4.69) is 44.8 Å². The Labute approximate surface area is 143 Å². The van der Waals surface area contributed by atoms with Crippen molar-refractivity contribution in [2.45, 2.75) is 38.6 Å². The van der Waals surface area contributed by atoms with Crippen molar-refractivity contribution in [3.63, 3.8) is 0 Å². The molecule has 1 atom stereocenters. The first-order valence-electron chi connectivity index (χ1n) is 7.41. The number of hydrogen-bond donors (Lipinski definition) is 1. The number of anilines is 1. The van der Waals surface area contributed by atoms with Crippen molar-refractivity contribution in [1.29, 1.82) is 0 Å². The Balaban J connectivity index is 1.89. The highest BCUT2D eigenvalue weighted by Crippen LogP contribution is 2.41. The Morgan fingerprint density at radius 1 is 1.33 bits per heavy atom. The van der Waals surface area contributed by atoms with Crippen LogP contribution >= 0.6 is 38.9 Å². The van der Waals surface area contributed by atoms with Crippen LogP contribution in [0.1, 0.15) is 42.2 Å². The summed E-state index contributed by atoms with van der Waals surface area (Å²) in [5, 5.41) is 6.72. The van der Waals surface area contributed by atoms with Crippen LogP contribution in [0.25, 0.3) is 0 Å². The number of halogens is 2. The van der Waals surface area contributed by atoms with Crippen LogP contribution in [-0.2, 0) is 0 Å². The highest BCUT2D eigenvalue weighted by molar-refractivity contribution is 9.10. The molecule has 1 N–H and O–H groups in total. The third kappa shape index (κ3) is 3.46. The van der Waals surface area contributed by atoms with Gasteiger partial charge in [-0.2, -0.15) is 0 Å². The second-order valence-electron chi connectivity index (χ2n) is 5.76. The fraction of sp³-hybridized carbons (Fsp3) is 0.412. The Bertz CT molecular complexity index is 606. The molecule has 0 aliphatic heterocycles. The molecule has 0 radical (unpaired) electrons. The van der Waals surface area contributed by atoms with Gasteiger partial charge in [-0.25, -0.2) is 0 Å². The predicted molar refractivity (Wildman–Crippen MR) is 96.5 cm³/mol. The molecule has 1 nitrogen and oxygen atoms in total. The monoisotopic (exact) mass is 383 g/mol. The molecule has 0 bridgehead atoms. The summed E-state index contributed by atoms with van der Waals surface area (Å²) in [6, 6.07) is 8.90. The van der Waals surface area contributed by atoms with Crippen LogP contribution in [0.4, 0.5) is 5.69 Å². The van der Waals surface area contributed by atoms with Gasteiger partial charge >= 0.3 is 0 Å². The van der Waals surface area contributed by atoms with E-state index in [1.165, 1.54) is 30.6 Å². The molecule has 1 aromatic carbocycles. The number of thiophene rings is 1. The molecule has 112 valence electrons. The second kappa shape index (κ2) is 6.72. The van der Waals surface area contributed by atoms with E-state index in [9.17, 15) is 0 Å². The standard InChI is InChI=1S/C17H19BrClNS/c1-11-9-13(18)15(10-14(11)19)20-17(12-5-2-3-6-12)16-7-4-8-21-16/h4,7-10,12,17,20H,2-3,5-6H2,1H3. The molecule has 2 aromatic rings. The Hall–Kier alpha value is -0.510. The van der Waals surface area contributed by atoms with Gasteiger partial charge < -0.3 is 5.32 Å². The first kappa shape index (κ1) is 15.4. The van der Waals surface area contributed by atoms with E-state index in [1.807, 2.05) is 24.3 Å². The highest BCUT2D eigenvalue weighted by atomic mass is 79.9. The zero-order valence-electron chi connectivity index (χ0n) is 12.0. The van der Waals surface area contributed by atoms with E-state index in [1.54, 1.807) is 0 Å². The summed E-state index contributed by atoms with van der Waals surface area (Å²) in [6.07, 6.45) is 5.33. The van der Waals surface area contributed by atoms with Crippen LogP contribution in [-0.4, -0.2) is 0 Å². The summed E-state index contributed by atoms with van der Waals surface area (Å²) in [6.45, 7) is 2.03. The molecule has 4 heteroatoms. The molecule has 21 heavy (non-hydrogen) atoms. The number of hydrogen-bond acceptors (Lipinski definition) is 2. The van der Waals surface area contributed by atoms with Crippen molar-refractivity contribution < 1.29 is 0 Å². The molecule has 1 aliphatic rings. The lowest BCUT2D eigenvalue weighted by molar-refractivity contribution is 0.475. The van der Waals surface area contributed by atoms with Crippen molar-refractivity contribution in [3.8, 4) is 0 Å². The number of benzene rings is 1. The Morgan fingerprint density at radius 2 is 2.10 bits per heavy atom. The highest BCUT2D eigenvalue weighted by Gasteiger charge is 2.27. The summed E-state index contributed by atoms with van der Waals surface area (Å²) in [7, 11) is 0. The zero-order valence-corrected chi connectivity index (χ0v) is 15.2. The van der Waals surface area contributed by atoms with Crippen molar-refractivity contribution in [3.05, 3.63) is 49.6 Å². The van der Waals surface area contributed by atoms with Crippen molar-refractivity contribution in [1.82, 2.24) is 0 Å². The van der Waals surface area contributed by atoms with Gasteiger partial charge in [-0.05, 0) is 70.8 Å². The average molecular weight is 385 g/mol. The summed E-state index contributed by atoms with van der Waals surface area (Å²) in [5.74, 6) is 0.718. The van der Waals surface area contributed by atoms with Crippen LogP contribution in [0, 0.1) is 12.8 Å². The molecule has 1 heterocycles. The molecule has 1 aromatic heterocycles. The van der Waals surface area contributed by atoms with Crippen molar-refractivity contribution in [2.75, 3.05) is 5.32 Å². The maximum absolute atomic E-state index is 6.30. The van der Waals surface area contributed by atoms with Gasteiger partial charge in [0.1, 0.15) is 0 Å². The lowest BCUT2D eigenvalue weighted by Gasteiger charge is -2.26. The molecule has 3 rings (SSSR count). The van der Waals surface area contributed by atoms with Crippen molar-refractivity contribution in [2.24, 2.45) is 5.92 Å². The van der Waals surface area contributed by atoms with Crippen LogP contribution in [0.15, 0.2) is 34.1 Å². The van der Waals surface area contributed by atoms with Crippen LogP contribution < -0.4 is 5.32 Å². The first-order valence-corrected chi connectivity index (χ1v) is 9.46. The summed E-state index contributed by atoms with van der Waals surface area (Å²) in [4.78, 5) is 1.42. The third-order valence-corrected chi connectivity index (χ3v) is 6.30. The van der Waals surface area contributed by atoms with E-state index < -0.39 is 0 Å². The van der Waals surface area contributed by atoms with Gasteiger partial charge in [0, 0.05) is 14.4 Å². The molecule has 0 saturated heterocycles. The zero-order chi connectivity index (χ0) is 14.8. The quantitative estimate of drug-likeness (QED) is 0.610. The van der Waals surface area contributed by atoms with E-state index in [-0.39, 0.29) is 0 Å².